The molecule has 2 aromatic carbocycles. The second-order valence-electron chi connectivity index (χ2n) is 10.8. The SMILES string of the molecule is COc1cccc2c(COc3cccc4[nH]c(OC(=O)NC5CCN(CCN6CCCCC6)CC5)cc34)coc12. The van der Waals surface area contributed by atoms with E-state index in [9.17, 15) is 4.79 Å². The van der Waals surface area contributed by atoms with E-state index in [1.807, 2.05) is 42.5 Å². The second-order valence-corrected chi connectivity index (χ2v) is 10.8. The van der Waals surface area contributed by atoms with Crippen molar-refractivity contribution in [2.75, 3.05) is 46.4 Å². The van der Waals surface area contributed by atoms with E-state index >= 15 is 0 Å². The molecule has 9 nitrogen and oxygen atoms in total. The van der Waals surface area contributed by atoms with Crippen LogP contribution >= 0.6 is 0 Å². The summed E-state index contributed by atoms with van der Waals surface area (Å²) in [7, 11) is 1.63. The summed E-state index contributed by atoms with van der Waals surface area (Å²) in [6.07, 6.45) is 7.18. The van der Waals surface area contributed by atoms with E-state index in [1.54, 1.807) is 13.4 Å². The molecule has 0 unspecified atom stereocenters. The molecular weight excluding hydrogens is 508 g/mol. The number of para-hydroxylation sites is 1. The number of nitrogens with zero attached hydrogens (tertiary/aromatic N) is 2. The van der Waals surface area contributed by atoms with Crippen LogP contribution in [0.1, 0.15) is 37.7 Å². The van der Waals surface area contributed by atoms with Crippen LogP contribution in [0, 0.1) is 0 Å². The van der Waals surface area contributed by atoms with Gasteiger partial charge in [0.2, 0.25) is 5.88 Å². The van der Waals surface area contributed by atoms with E-state index in [0.717, 1.165) is 60.9 Å². The smallest absolute Gasteiger partial charge is 0.414 e. The second kappa shape index (κ2) is 12.2. The van der Waals surface area contributed by atoms with Crippen molar-refractivity contribution in [1.29, 1.82) is 0 Å². The van der Waals surface area contributed by atoms with Crippen molar-refractivity contribution in [1.82, 2.24) is 20.1 Å². The van der Waals surface area contributed by atoms with Crippen LogP contribution in [0.3, 0.4) is 0 Å². The molecule has 0 radical (unpaired) electrons. The molecule has 2 fully saturated rings. The first kappa shape index (κ1) is 26.5. The third-order valence-electron chi connectivity index (χ3n) is 8.14. The number of furan rings is 1. The number of rotatable bonds is 9. The summed E-state index contributed by atoms with van der Waals surface area (Å²) in [5, 5.41) is 4.85. The van der Waals surface area contributed by atoms with Crippen LogP contribution in [0.2, 0.25) is 0 Å². The number of aromatic amines is 1. The van der Waals surface area contributed by atoms with Crippen molar-refractivity contribution in [2.45, 2.75) is 44.8 Å². The van der Waals surface area contributed by atoms with E-state index in [-0.39, 0.29) is 6.04 Å². The maximum atomic E-state index is 12.7. The van der Waals surface area contributed by atoms with Gasteiger partial charge in [-0.05, 0) is 57.0 Å². The number of carbonyl (C=O) groups excluding carboxylic acids is 1. The number of likely N-dealkylation sites (tertiary alicyclic amines) is 2. The van der Waals surface area contributed by atoms with Crippen molar-refractivity contribution in [3.63, 3.8) is 0 Å². The Kier molecular flexibility index (Phi) is 8.11. The van der Waals surface area contributed by atoms with Gasteiger partial charge in [-0.15, -0.1) is 0 Å². The zero-order valence-corrected chi connectivity index (χ0v) is 23.1. The predicted octanol–water partition coefficient (Wildman–Crippen LogP) is 5.54. The van der Waals surface area contributed by atoms with Gasteiger partial charge in [0.1, 0.15) is 12.4 Å². The molecule has 0 spiro atoms. The number of fused-ring (bicyclic) bond motifs is 2. The van der Waals surface area contributed by atoms with E-state index in [0.29, 0.717) is 29.6 Å². The molecule has 2 saturated heterocycles. The first-order chi connectivity index (χ1) is 19.7. The Hall–Kier alpha value is -3.69. The van der Waals surface area contributed by atoms with Crippen molar-refractivity contribution < 1.29 is 23.4 Å². The fourth-order valence-electron chi connectivity index (χ4n) is 5.86. The Labute approximate surface area is 234 Å². The number of amides is 1. The van der Waals surface area contributed by atoms with Crippen molar-refractivity contribution >= 4 is 28.0 Å². The molecule has 2 aromatic heterocycles. The minimum absolute atomic E-state index is 0.130. The molecule has 0 saturated carbocycles. The summed E-state index contributed by atoms with van der Waals surface area (Å²) in [5.41, 5.74) is 2.46. The maximum absolute atomic E-state index is 12.7. The fourth-order valence-corrected chi connectivity index (χ4v) is 5.86. The highest BCUT2D eigenvalue weighted by atomic mass is 16.6. The third kappa shape index (κ3) is 6.05. The van der Waals surface area contributed by atoms with Gasteiger partial charge in [-0.25, -0.2) is 4.79 Å². The summed E-state index contributed by atoms with van der Waals surface area (Å²) in [4.78, 5) is 21.0. The van der Waals surface area contributed by atoms with Crippen LogP contribution < -0.4 is 19.5 Å². The highest BCUT2D eigenvalue weighted by molar-refractivity contribution is 5.89. The van der Waals surface area contributed by atoms with Crippen LogP contribution in [0.25, 0.3) is 21.9 Å². The molecule has 4 heterocycles. The number of methoxy groups -OCH3 is 1. The van der Waals surface area contributed by atoms with E-state index in [4.69, 9.17) is 18.6 Å². The number of benzene rings is 2. The lowest BCUT2D eigenvalue weighted by Crippen LogP contribution is -2.47. The lowest BCUT2D eigenvalue weighted by atomic mass is 10.1. The summed E-state index contributed by atoms with van der Waals surface area (Å²) in [6, 6.07) is 13.5. The van der Waals surface area contributed by atoms with Gasteiger partial charge < -0.3 is 38.7 Å². The van der Waals surface area contributed by atoms with Gasteiger partial charge in [-0.2, -0.15) is 0 Å². The molecule has 0 aliphatic carbocycles. The first-order valence-electron chi connectivity index (χ1n) is 14.4. The van der Waals surface area contributed by atoms with Crippen molar-refractivity contribution in [3.8, 4) is 17.4 Å². The number of H-pyrrole nitrogens is 1. The standard InChI is InChI=1S/C31H38N4O5/c1-37-28-10-5-7-24-22(21-39-30(24)28)20-38-27-9-6-8-26-25(27)19-29(33-26)40-31(36)32-23-11-15-35(16-12-23)18-17-34-13-3-2-4-14-34/h5-10,19,21,23,33H,2-4,11-18,20H2,1H3,(H,32,36). The molecule has 2 aliphatic heterocycles. The number of piperidine rings is 2. The van der Waals surface area contributed by atoms with Gasteiger partial charge in [-0.3, -0.25) is 0 Å². The Morgan fingerprint density at radius 1 is 0.975 bits per heavy atom. The first-order valence-corrected chi connectivity index (χ1v) is 14.4. The number of carbonyl (C=O) groups is 1. The summed E-state index contributed by atoms with van der Waals surface area (Å²) in [5.74, 6) is 1.77. The fraction of sp³-hybridized carbons (Fsp3) is 0.452. The van der Waals surface area contributed by atoms with Crippen LogP contribution in [0.15, 0.2) is 53.1 Å². The zero-order chi connectivity index (χ0) is 27.3. The van der Waals surface area contributed by atoms with E-state index in [1.165, 1.54) is 32.4 Å². The van der Waals surface area contributed by atoms with E-state index < -0.39 is 6.09 Å². The Morgan fingerprint density at radius 2 is 1.73 bits per heavy atom. The number of nitrogens with one attached hydrogen (secondary N) is 2. The van der Waals surface area contributed by atoms with Crippen LogP contribution in [-0.2, 0) is 6.61 Å². The molecule has 6 rings (SSSR count). The van der Waals surface area contributed by atoms with Crippen LogP contribution in [0.5, 0.6) is 17.4 Å². The van der Waals surface area contributed by atoms with Crippen molar-refractivity contribution in [2.24, 2.45) is 0 Å². The lowest BCUT2D eigenvalue weighted by molar-refractivity contribution is 0.148. The average molecular weight is 547 g/mol. The summed E-state index contributed by atoms with van der Waals surface area (Å²) in [6.45, 7) is 7.08. The molecule has 4 aromatic rings. The number of aromatic nitrogens is 1. The summed E-state index contributed by atoms with van der Waals surface area (Å²) >= 11 is 0. The van der Waals surface area contributed by atoms with Crippen LogP contribution in [-0.4, -0.2) is 73.3 Å². The topological polar surface area (TPSA) is 92.2 Å². The minimum Gasteiger partial charge on any atom is -0.493 e. The monoisotopic (exact) mass is 546 g/mol. The third-order valence-corrected chi connectivity index (χ3v) is 8.14. The van der Waals surface area contributed by atoms with Gasteiger partial charge in [0.05, 0.1) is 18.9 Å². The summed E-state index contributed by atoms with van der Waals surface area (Å²) < 4.78 is 22.9. The molecular formula is C31H38N4O5. The van der Waals surface area contributed by atoms with Crippen molar-refractivity contribution in [3.05, 3.63) is 54.3 Å². The Balaban J connectivity index is 1.01. The number of ether oxygens (including phenoxy) is 3. The zero-order valence-electron chi connectivity index (χ0n) is 23.1. The minimum atomic E-state index is -0.431. The van der Waals surface area contributed by atoms with Gasteiger partial charge in [0.25, 0.3) is 0 Å². The van der Waals surface area contributed by atoms with Gasteiger partial charge >= 0.3 is 6.09 Å². The lowest BCUT2D eigenvalue weighted by Gasteiger charge is -2.34. The van der Waals surface area contributed by atoms with Gasteiger partial charge in [0.15, 0.2) is 11.3 Å². The normalized spacial score (nSPS) is 17.3. The molecule has 9 heteroatoms. The molecule has 2 aliphatic rings. The highest BCUT2D eigenvalue weighted by Gasteiger charge is 2.22. The number of hydrogen-bond acceptors (Lipinski definition) is 7. The molecule has 40 heavy (non-hydrogen) atoms. The van der Waals surface area contributed by atoms with E-state index in [2.05, 4.69) is 20.1 Å². The maximum Gasteiger partial charge on any atom is 0.414 e. The molecule has 0 atom stereocenters. The quantitative estimate of drug-likeness (QED) is 0.285. The average Bonchev–Trinajstić information content (AvgIpc) is 3.60. The molecule has 212 valence electrons. The van der Waals surface area contributed by atoms with Gasteiger partial charge in [-0.1, -0.05) is 24.6 Å². The number of hydrogen-bond donors (Lipinski definition) is 2. The largest absolute Gasteiger partial charge is 0.493 e. The van der Waals surface area contributed by atoms with Gasteiger partial charge in [0, 0.05) is 54.6 Å². The molecule has 2 N–H and O–H groups in total. The molecule has 1 amide bonds. The Bertz CT molecular complexity index is 1430. The Morgan fingerprint density at radius 3 is 2.52 bits per heavy atom. The van der Waals surface area contributed by atoms with Crippen LogP contribution in [0.4, 0.5) is 4.79 Å². The highest BCUT2D eigenvalue weighted by Crippen LogP contribution is 2.33. The predicted molar refractivity (Wildman–Crippen MR) is 154 cm³/mol. The molecule has 0 bridgehead atoms.